The van der Waals surface area contributed by atoms with E-state index in [1.165, 1.54) is 4.90 Å². The number of amides is 1. The molecule has 1 aliphatic heterocycles. The van der Waals surface area contributed by atoms with E-state index in [1.54, 1.807) is 0 Å². The van der Waals surface area contributed by atoms with Crippen molar-refractivity contribution in [1.82, 2.24) is 4.90 Å². The minimum Gasteiger partial charge on any atom is -0.337 e. The lowest BCUT2D eigenvalue weighted by Gasteiger charge is -2.34. The number of benzene rings is 1. The van der Waals surface area contributed by atoms with Gasteiger partial charge in [-0.3, -0.25) is 4.79 Å². The zero-order chi connectivity index (χ0) is 15.8. The molecule has 0 radical (unpaired) electrons. The lowest BCUT2D eigenvalue weighted by molar-refractivity contribution is -0.137. The molecule has 0 aromatic heterocycles. The Bertz CT molecular complexity index is 546. The Morgan fingerprint density at radius 2 is 2.05 bits per heavy atom. The van der Waals surface area contributed by atoms with Crippen LogP contribution in [0.3, 0.4) is 0 Å². The molecule has 1 fully saturated rings. The second kappa shape index (κ2) is 5.94. The van der Waals surface area contributed by atoms with Crippen LogP contribution in [-0.2, 0) is 6.18 Å². The number of piperidine rings is 1. The predicted molar refractivity (Wildman–Crippen MR) is 73.8 cm³/mol. The summed E-state index contributed by atoms with van der Waals surface area (Å²) in [6.45, 7) is 2.79. The Morgan fingerprint density at radius 1 is 1.38 bits per heavy atom. The Morgan fingerprint density at radius 3 is 2.62 bits per heavy atom. The molecule has 1 amide bonds. The van der Waals surface area contributed by atoms with E-state index in [0.717, 1.165) is 6.42 Å². The molecule has 2 nitrogen and oxygen atoms in total. The lowest BCUT2D eigenvalue weighted by Crippen LogP contribution is -2.43. The topological polar surface area (TPSA) is 20.3 Å². The van der Waals surface area contributed by atoms with E-state index >= 15 is 0 Å². The Labute approximate surface area is 128 Å². The molecule has 2 rings (SSSR count). The van der Waals surface area contributed by atoms with E-state index in [-0.39, 0.29) is 4.83 Å². The van der Waals surface area contributed by atoms with Gasteiger partial charge in [0.05, 0.1) is 11.1 Å². The average Bonchev–Trinajstić information content (AvgIpc) is 2.40. The summed E-state index contributed by atoms with van der Waals surface area (Å²) in [6.07, 6.45) is -3.88. The summed E-state index contributed by atoms with van der Waals surface area (Å²) in [6, 6.07) is 1.91. The number of alkyl halides is 4. The average molecular weight is 368 g/mol. The highest BCUT2D eigenvalue weighted by Gasteiger charge is 2.34. The fraction of sp³-hybridized carbons (Fsp3) is 0.500. The van der Waals surface area contributed by atoms with Crippen LogP contribution in [0.5, 0.6) is 0 Å². The van der Waals surface area contributed by atoms with Gasteiger partial charge in [0.1, 0.15) is 5.82 Å². The SMILES string of the molecule is CC1CCN(C(=O)c2cc(C(F)(F)F)ccc2F)CC1Br. The summed E-state index contributed by atoms with van der Waals surface area (Å²) in [5.41, 5.74) is -1.55. The highest BCUT2D eigenvalue weighted by molar-refractivity contribution is 9.09. The van der Waals surface area contributed by atoms with Crippen molar-refractivity contribution in [2.75, 3.05) is 13.1 Å². The third-order valence-corrected chi connectivity index (χ3v) is 4.87. The zero-order valence-electron chi connectivity index (χ0n) is 11.3. The number of halogens is 5. The molecular weight excluding hydrogens is 354 g/mol. The fourth-order valence-corrected chi connectivity index (χ4v) is 2.86. The summed E-state index contributed by atoms with van der Waals surface area (Å²) >= 11 is 3.43. The molecule has 116 valence electrons. The minimum absolute atomic E-state index is 0.0593. The van der Waals surface area contributed by atoms with Crippen LogP contribution in [-0.4, -0.2) is 28.7 Å². The number of rotatable bonds is 1. The number of carbonyl (C=O) groups excluding carboxylic acids is 1. The van der Waals surface area contributed by atoms with Crippen LogP contribution in [0.4, 0.5) is 17.6 Å². The van der Waals surface area contributed by atoms with Gasteiger partial charge in [-0.1, -0.05) is 22.9 Å². The molecule has 1 aliphatic rings. The maximum Gasteiger partial charge on any atom is 0.416 e. The van der Waals surface area contributed by atoms with Crippen LogP contribution in [0.25, 0.3) is 0 Å². The van der Waals surface area contributed by atoms with Crippen LogP contribution in [0.1, 0.15) is 29.3 Å². The molecular formula is C14H14BrF4NO. The summed E-state index contributed by atoms with van der Waals surface area (Å²) in [4.78, 5) is 13.7. The highest BCUT2D eigenvalue weighted by atomic mass is 79.9. The second-order valence-electron chi connectivity index (χ2n) is 5.23. The van der Waals surface area contributed by atoms with Gasteiger partial charge in [-0.15, -0.1) is 0 Å². The van der Waals surface area contributed by atoms with E-state index in [9.17, 15) is 22.4 Å². The van der Waals surface area contributed by atoms with Crippen molar-refractivity contribution in [3.63, 3.8) is 0 Å². The van der Waals surface area contributed by atoms with Crippen molar-refractivity contribution in [2.45, 2.75) is 24.3 Å². The largest absolute Gasteiger partial charge is 0.416 e. The summed E-state index contributed by atoms with van der Waals surface area (Å²) in [5.74, 6) is -1.27. The van der Waals surface area contributed by atoms with Gasteiger partial charge >= 0.3 is 6.18 Å². The van der Waals surface area contributed by atoms with Gasteiger partial charge in [0.2, 0.25) is 0 Å². The monoisotopic (exact) mass is 367 g/mol. The molecule has 0 N–H and O–H groups in total. The van der Waals surface area contributed by atoms with Crippen LogP contribution >= 0.6 is 15.9 Å². The van der Waals surface area contributed by atoms with Crippen molar-refractivity contribution in [3.05, 3.63) is 35.1 Å². The third kappa shape index (κ3) is 3.56. The van der Waals surface area contributed by atoms with Crippen molar-refractivity contribution in [1.29, 1.82) is 0 Å². The third-order valence-electron chi connectivity index (χ3n) is 3.68. The van der Waals surface area contributed by atoms with E-state index in [0.29, 0.717) is 37.2 Å². The summed E-state index contributed by atoms with van der Waals surface area (Å²) in [5, 5.41) is 0. The number of likely N-dealkylation sites (tertiary alicyclic amines) is 1. The molecule has 0 aliphatic carbocycles. The zero-order valence-corrected chi connectivity index (χ0v) is 12.8. The molecule has 0 saturated carbocycles. The smallest absolute Gasteiger partial charge is 0.337 e. The number of nitrogens with zero attached hydrogens (tertiary/aromatic N) is 1. The molecule has 0 bridgehead atoms. The lowest BCUT2D eigenvalue weighted by atomic mass is 9.98. The standard InChI is InChI=1S/C14H14BrF4NO/c1-8-4-5-20(7-11(8)15)13(21)10-6-9(14(17,18)19)2-3-12(10)16/h2-3,6,8,11H,4-5,7H2,1H3. The first-order valence-electron chi connectivity index (χ1n) is 6.50. The highest BCUT2D eigenvalue weighted by Crippen LogP contribution is 2.31. The van der Waals surface area contributed by atoms with Gasteiger partial charge in [0, 0.05) is 17.9 Å². The Hall–Kier alpha value is -1.11. The maximum absolute atomic E-state index is 13.7. The molecule has 1 heterocycles. The second-order valence-corrected chi connectivity index (χ2v) is 6.40. The molecule has 0 spiro atoms. The molecule has 21 heavy (non-hydrogen) atoms. The van der Waals surface area contributed by atoms with Crippen LogP contribution in [0.2, 0.25) is 0 Å². The Kier molecular flexibility index (Phi) is 4.60. The number of carbonyl (C=O) groups is 1. The first kappa shape index (κ1) is 16.3. The molecule has 2 unspecified atom stereocenters. The minimum atomic E-state index is -4.60. The first-order valence-corrected chi connectivity index (χ1v) is 7.42. The van der Waals surface area contributed by atoms with Crippen molar-refractivity contribution in [3.8, 4) is 0 Å². The van der Waals surface area contributed by atoms with Crippen LogP contribution in [0.15, 0.2) is 18.2 Å². The predicted octanol–water partition coefficient (Wildman–Crippen LogP) is 4.09. The van der Waals surface area contributed by atoms with Gasteiger partial charge in [0.25, 0.3) is 5.91 Å². The molecule has 7 heteroatoms. The number of hydrogen-bond acceptors (Lipinski definition) is 1. The van der Waals surface area contributed by atoms with Gasteiger partial charge < -0.3 is 4.90 Å². The molecule has 1 aromatic rings. The number of hydrogen-bond donors (Lipinski definition) is 0. The maximum atomic E-state index is 13.7. The molecule has 1 saturated heterocycles. The summed E-state index contributed by atoms with van der Waals surface area (Å²) in [7, 11) is 0. The van der Waals surface area contributed by atoms with Crippen molar-refractivity contribution in [2.24, 2.45) is 5.92 Å². The molecule has 2 atom stereocenters. The quantitative estimate of drug-likeness (QED) is 0.540. The van der Waals surface area contributed by atoms with Crippen LogP contribution in [0, 0.1) is 11.7 Å². The van der Waals surface area contributed by atoms with Crippen molar-refractivity contribution < 1.29 is 22.4 Å². The van der Waals surface area contributed by atoms with E-state index in [2.05, 4.69) is 15.9 Å². The summed E-state index contributed by atoms with van der Waals surface area (Å²) < 4.78 is 51.7. The van der Waals surface area contributed by atoms with Gasteiger partial charge in [0.15, 0.2) is 0 Å². The van der Waals surface area contributed by atoms with Crippen LogP contribution < -0.4 is 0 Å². The van der Waals surface area contributed by atoms with E-state index in [1.807, 2.05) is 6.92 Å². The fourth-order valence-electron chi connectivity index (χ4n) is 2.24. The van der Waals surface area contributed by atoms with Gasteiger partial charge in [-0.2, -0.15) is 13.2 Å². The van der Waals surface area contributed by atoms with Crippen molar-refractivity contribution >= 4 is 21.8 Å². The van der Waals surface area contributed by atoms with E-state index in [4.69, 9.17) is 0 Å². The normalized spacial score (nSPS) is 23.2. The van der Waals surface area contributed by atoms with E-state index < -0.39 is 29.0 Å². The Balaban J connectivity index is 2.27. The van der Waals surface area contributed by atoms with Gasteiger partial charge in [-0.25, -0.2) is 4.39 Å². The van der Waals surface area contributed by atoms with Gasteiger partial charge in [-0.05, 0) is 30.5 Å². The first-order chi connectivity index (χ1) is 9.70. The molecule has 1 aromatic carbocycles.